The molecule has 1 heterocycles. The number of carbonyl (C=O) groups is 2. The van der Waals surface area contributed by atoms with Gasteiger partial charge in [0.2, 0.25) is 11.8 Å². The fraction of sp³-hybridized carbons (Fsp3) is 0.357. The molecule has 0 radical (unpaired) electrons. The molecule has 0 fully saturated rings. The Morgan fingerprint density at radius 3 is 2.31 bits per heavy atom. The highest BCUT2D eigenvalue weighted by molar-refractivity contribution is 5.84. The zero-order valence-corrected chi connectivity index (χ0v) is 20.5. The SMILES string of the molecule is CCC(=O)N(CCCOC)CC(=O)N(Cc1ccccc1)Cc1cccn1Cc1ccc(F)cc1. The van der Waals surface area contributed by atoms with Crippen LogP contribution in [0.4, 0.5) is 4.39 Å². The summed E-state index contributed by atoms with van der Waals surface area (Å²) in [6.07, 6.45) is 2.98. The molecule has 0 spiro atoms. The van der Waals surface area contributed by atoms with Crippen LogP contribution in [0.5, 0.6) is 0 Å². The minimum absolute atomic E-state index is 0.0297. The largest absolute Gasteiger partial charge is 0.385 e. The second kappa shape index (κ2) is 13.4. The number of nitrogens with zero attached hydrogens (tertiary/aromatic N) is 3. The third-order valence-corrected chi connectivity index (χ3v) is 5.87. The van der Waals surface area contributed by atoms with Gasteiger partial charge in [-0.25, -0.2) is 4.39 Å². The normalized spacial score (nSPS) is 10.8. The molecule has 6 nitrogen and oxygen atoms in total. The predicted octanol–water partition coefficient (Wildman–Crippen LogP) is 4.48. The third-order valence-electron chi connectivity index (χ3n) is 5.87. The van der Waals surface area contributed by atoms with Crippen LogP contribution in [-0.2, 0) is 34.0 Å². The molecule has 7 heteroatoms. The van der Waals surface area contributed by atoms with Crippen molar-refractivity contribution in [3.8, 4) is 0 Å². The van der Waals surface area contributed by atoms with Gasteiger partial charge in [0.25, 0.3) is 0 Å². The Balaban J connectivity index is 1.78. The van der Waals surface area contributed by atoms with Crippen molar-refractivity contribution in [2.24, 2.45) is 0 Å². The van der Waals surface area contributed by atoms with Crippen molar-refractivity contribution < 1.29 is 18.7 Å². The van der Waals surface area contributed by atoms with Gasteiger partial charge in [-0.05, 0) is 41.8 Å². The first-order valence-corrected chi connectivity index (χ1v) is 12.0. The lowest BCUT2D eigenvalue weighted by Gasteiger charge is -2.28. The summed E-state index contributed by atoms with van der Waals surface area (Å²) in [6, 6.07) is 20.2. The third kappa shape index (κ3) is 8.07. The predicted molar refractivity (Wildman–Crippen MR) is 134 cm³/mol. The van der Waals surface area contributed by atoms with Crippen LogP contribution < -0.4 is 0 Å². The van der Waals surface area contributed by atoms with Gasteiger partial charge in [0, 0.05) is 51.7 Å². The Morgan fingerprint density at radius 1 is 0.886 bits per heavy atom. The first-order valence-electron chi connectivity index (χ1n) is 12.0. The van der Waals surface area contributed by atoms with E-state index in [1.165, 1.54) is 12.1 Å². The number of amides is 2. The highest BCUT2D eigenvalue weighted by Crippen LogP contribution is 2.15. The summed E-state index contributed by atoms with van der Waals surface area (Å²) in [5.74, 6) is -0.422. The summed E-state index contributed by atoms with van der Waals surface area (Å²) in [5, 5.41) is 0. The standard InChI is InChI=1S/C28H34FN3O3/c1-3-27(33)31(17-8-18-35-2)22-28(34)32(20-23-9-5-4-6-10-23)21-26-11-7-16-30(26)19-24-12-14-25(29)15-13-24/h4-7,9-16H,3,8,17-22H2,1-2H3. The lowest BCUT2D eigenvalue weighted by molar-refractivity contribution is -0.141. The molecule has 0 atom stereocenters. The highest BCUT2D eigenvalue weighted by Gasteiger charge is 2.22. The Kier molecular flexibility index (Phi) is 10.0. The molecule has 1 aromatic heterocycles. The Morgan fingerprint density at radius 2 is 1.63 bits per heavy atom. The quantitative estimate of drug-likeness (QED) is 0.340. The van der Waals surface area contributed by atoms with E-state index in [0.29, 0.717) is 45.6 Å². The van der Waals surface area contributed by atoms with Crippen LogP contribution in [0.2, 0.25) is 0 Å². The molecule has 0 bridgehead atoms. The fourth-order valence-electron chi connectivity index (χ4n) is 3.94. The topological polar surface area (TPSA) is 54.8 Å². The molecule has 35 heavy (non-hydrogen) atoms. The van der Waals surface area contributed by atoms with Gasteiger partial charge in [0.1, 0.15) is 5.82 Å². The van der Waals surface area contributed by atoms with E-state index >= 15 is 0 Å². The molecule has 0 saturated heterocycles. The molecule has 3 rings (SSSR count). The number of hydrogen-bond acceptors (Lipinski definition) is 3. The van der Waals surface area contributed by atoms with E-state index in [2.05, 4.69) is 4.57 Å². The number of ether oxygens (including phenoxy) is 1. The van der Waals surface area contributed by atoms with Crippen molar-refractivity contribution in [1.82, 2.24) is 14.4 Å². The van der Waals surface area contributed by atoms with Crippen LogP contribution >= 0.6 is 0 Å². The van der Waals surface area contributed by atoms with E-state index < -0.39 is 0 Å². The van der Waals surface area contributed by atoms with Crippen LogP contribution in [0, 0.1) is 5.82 Å². The first kappa shape index (κ1) is 26.2. The minimum atomic E-state index is -0.266. The molecule has 0 N–H and O–H groups in total. The number of carbonyl (C=O) groups excluding carboxylic acids is 2. The van der Waals surface area contributed by atoms with Crippen molar-refractivity contribution in [1.29, 1.82) is 0 Å². The molecular formula is C28H34FN3O3. The van der Waals surface area contributed by atoms with Crippen molar-refractivity contribution >= 4 is 11.8 Å². The lowest BCUT2D eigenvalue weighted by Crippen LogP contribution is -2.43. The number of halogens is 1. The molecule has 186 valence electrons. The Bertz CT molecular complexity index is 1070. The molecule has 0 aliphatic carbocycles. The van der Waals surface area contributed by atoms with Gasteiger partial charge in [0.15, 0.2) is 0 Å². The molecular weight excluding hydrogens is 445 g/mol. The lowest BCUT2D eigenvalue weighted by atomic mass is 10.2. The van der Waals surface area contributed by atoms with E-state index in [0.717, 1.165) is 16.8 Å². The maximum Gasteiger partial charge on any atom is 0.242 e. The molecule has 2 aromatic carbocycles. The molecule has 0 aliphatic heterocycles. The zero-order valence-electron chi connectivity index (χ0n) is 20.5. The monoisotopic (exact) mass is 479 g/mol. The van der Waals surface area contributed by atoms with Crippen LogP contribution in [0.15, 0.2) is 72.9 Å². The van der Waals surface area contributed by atoms with Crippen molar-refractivity contribution in [3.63, 3.8) is 0 Å². The summed E-state index contributed by atoms with van der Waals surface area (Å²) >= 11 is 0. The van der Waals surface area contributed by atoms with Gasteiger partial charge < -0.3 is 19.1 Å². The molecule has 2 amide bonds. The zero-order chi connectivity index (χ0) is 25.0. The summed E-state index contributed by atoms with van der Waals surface area (Å²) < 4.78 is 20.5. The van der Waals surface area contributed by atoms with Crippen LogP contribution in [0.1, 0.15) is 36.6 Å². The summed E-state index contributed by atoms with van der Waals surface area (Å²) in [4.78, 5) is 29.4. The summed E-state index contributed by atoms with van der Waals surface area (Å²) in [7, 11) is 1.62. The number of aromatic nitrogens is 1. The van der Waals surface area contributed by atoms with E-state index in [4.69, 9.17) is 4.74 Å². The number of rotatable bonds is 13. The summed E-state index contributed by atoms with van der Waals surface area (Å²) in [6.45, 7) is 4.26. The van der Waals surface area contributed by atoms with Crippen LogP contribution in [0.25, 0.3) is 0 Å². The van der Waals surface area contributed by atoms with Crippen LogP contribution in [0.3, 0.4) is 0 Å². The van der Waals surface area contributed by atoms with E-state index in [1.54, 1.807) is 36.0 Å². The van der Waals surface area contributed by atoms with Gasteiger partial charge in [-0.15, -0.1) is 0 Å². The second-order valence-electron chi connectivity index (χ2n) is 8.50. The van der Waals surface area contributed by atoms with Gasteiger partial charge in [-0.2, -0.15) is 0 Å². The number of methoxy groups -OCH3 is 1. The van der Waals surface area contributed by atoms with E-state index in [-0.39, 0.29) is 24.2 Å². The summed E-state index contributed by atoms with van der Waals surface area (Å²) in [5.41, 5.74) is 2.96. The maximum absolute atomic E-state index is 13.5. The molecule has 0 aliphatic rings. The van der Waals surface area contributed by atoms with Gasteiger partial charge >= 0.3 is 0 Å². The maximum atomic E-state index is 13.5. The minimum Gasteiger partial charge on any atom is -0.385 e. The Hall–Kier alpha value is -3.45. The van der Waals surface area contributed by atoms with Gasteiger partial charge in [0.05, 0.1) is 13.1 Å². The molecule has 3 aromatic rings. The van der Waals surface area contributed by atoms with Crippen molar-refractivity contribution in [2.45, 2.75) is 39.4 Å². The molecule has 0 saturated carbocycles. The van der Waals surface area contributed by atoms with Gasteiger partial charge in [-0.1, -0.05) is 49.4 Å². The van der Waals surface area contributed by atoms with Crippen molar-refractivity contribution in [3.05, 3.63) is 95.6 Å². The van der Waals surface area contributed by atoms with E-state index in [9.17, 15) is 14.0 Å². The molecule has 0 unspecified atom stereocenters. The Labute approximate surface area is 206 Å². The van der Waals surface area contributed by atoms with Crippen LogP contribution in [-0.4, -0.2) is 53.0 Å². The van der Waals surface area contributed by atoms with Gasteiger partial charge in [-0.3, -0.25) is 9.59 Å². The van der Waals surface area contributed by atoms with E-state index in [1.807, 2.05) is 48.7 Å². The first-order chi connectivity index (χ1) is 17.0. The van der Waals surface area contributed by atoms with Crippen molar-refractivity contribution in [2.75, 3.05) is 26.8 Å². The average Bonchev–Trinajstić information content (AvgIpc) is 3.31. The number of benzene rings is 2. The fourth-order valence-corrected chi connectivity index (χ4v) is 3.94. The average molecular weight is 480 g/mol. The highest BCUT2D eigenvalue weighted by atomic mass is 19.1. The second-order valence-corrected chi connectivity index (χ2v) is 8.50. The number of hydrogen-bond donors (Lipinski definition) is 0. The smallest absolute Gasteiger partial charge is 0.242 e.